The molecule has 0 aromatic heterocycles. The third-order valence-corrected chi connectivity index (χ3v) is 8.44. The Kier molecular flexibility index (Phi) is 12.9. The zero-order valence-electron chi connectivity index (χ0n) is 30.8. The van der Waals surface area contributed by atoms with Crippen molar-refractivity contribution in [3.63, 3.8) is 0 Å². The summed E-state index contributed by atoms with van der Waals surface area (Å²) in [4.78, 5) is 38.5. The first-order valence-corrected chi connectivity index (χ1v) is 18.2. The van der Waals surface area contributed by atoms with Crippen LogP contribution < -0.4 is 14.2 Å². The molecule has 49 heavy (non-hydrogen) atoms. The van der Waals surface area contributed by atoms with Gasteiger partial charge < -0.3 is 23.7 Å². The van der Waals surface area contributed by atoms with Crippen LogP contribution in [0.15, 0.2) is 36.4 Å². The first kappa shape index (κ1) is 40.6. The van der Waals surface area contributed by atoms with Crippen LogP contribution in [0.1, 0.15) is 114 Å². The van der Waals surface area contributed by atoms with Crippen molar-refractivity contribution >= 4 is 63.5 Å². The zero-order chi connectivity index (χ0) is 37.2. The van der Waals surface area contributed by atoms with Crippen molar-refractivity contribution in [1.29, 1.82) is 0 Å². The van der Waals surface area contributed by atoms with E-state index in [2.05, 4.69) is 45.2 Å². The molecule has 0 radical (unpaired) electrons. The van der Waals surface area contributed by atoms with Crippen molar-refractivity contribution in [2.75, 3.05) is 0 Å². The van der Waals surface area contributed by atoms with Gasteiger partial charge in [0.15, 0.2) is 0 Å². The van der Waals surface area contributed by atoms with E-state index < -0.39 is 29.4 Å². The maximum atomic E-state index is 13.3. The molecule has 0 fully saturated rings. The molecule has 3 rings (SSSR count). The molecule has 0 atom stereocenters. The predicted octanol–water partition coefficient (Wildman–Crippen LogP) is 11.3. The van der Waals surface area contributed by atoms with Gasteiger partial charge in [-0.3, -0.25) is 4.79 Å². The van der Waals surface area contributed by atoms with Crippen molar-refractivity contribution in [2.45, 2.75) is 114 Å². The summed E-state index contributed by atoms with van der Waals surface area (Å²) in [6.45, 7) is 24.2. The molecule has 0 aliphatic carbocycles. The number of carbonyl (C=O) groups is 3. The highest BCUT2D eigenvalue weighted by Gasteiger charge is 2.29. The number of ether oxygens (including phenoxy) is 5. The van der Waals surface area contributed by atoms with Crippen LogP contribution in [0.2, 0.25) is 0 Å². The number of benzene rings is 3. The van der Waals surface area contributed by atoms with Gasteiger partial charge in [0, 0.05) is 15.1 Å². The summed E-state index contributed by atoms with van der Waals surface area (Å²) in [5.41, 5.74) is 3.81. The maximum Gasteiger partial charge on any atom is 0.514 e. The summed E-state index contributed by atoms with van der Waals surface area (Å²) >= 11 is 4.49. The summed E-state index contributed by atoms with van der Waals surface area (Å²) in [5.74, 6) is 0.558. The molecule has 3 aromatic carbocycles. The number of rotatable bonds is 7. The van der Waals surface area contributed by atoms with Gasteiger partial charge in [-0.25, -0.2) is 9.59 Å². The Morgan fingerprint density at radius 3 is 1.33 bits per heavy atom. The fourth-order valence-corrected chi connectivity index (χ4v) is 7.37. The molecule has 0 amide bonds. The normalized spacial score (nSPS) is 12.1. The van der Waals surface area contributed by atoms with Crippen LogP contribution in [0.25, 0.3) is 0 Å². The maximum absolute atomic E-state index is 13.3. The molecule has 0 aliphatic heterocycles. The van der Waals surface area contributed by atoms with E-state index in [1.807, 2.05) is 84.9 Å². The van der Waals surface area contributed by atoms with E-state index in [1.54, 1.807) is 41.5 Å². The molecule has 0 spiro atoms. The monoisotopic (exact) mass is 898 g/mol. The Bertz CT molecular complexity index is 1610. The molecule has 10 heteroatoms. The van der Waals surface area contributed by atoms with Gasteiger partial charge in [0.25, 0.3) is 0 Å². The molecule has 0 N–H and O–H groups in total. The molecular weight excluding hydrogens is 850 g/mol. The Labute approximate surface area is 318 Å². The van der Waals surface area contributed by atoms with E-state index in [-0.39, 0.29) is 17.8 Å². The zero-order valence-corrected chi connectivity index (χ0v) is 35.1. The fraction of sp³-hybridized carbons (Fsp3) is 0.462. The number of esters is 1. The largest absolute Gasteiger partial charge is 0.514 e. The van der Waals surface area contributed by atoms with Gasteiger partial charge in [0.05, 0.1) is 9.99 Å². The second-order valence-corrected chi connectivity index (χ2v) is 18.0. The lowest BCUT2D eigenvalue weighted by Crippen LogP contribution is -2.26. The molecule has 0 saturated carbocycles. The van der Waals surface area contributed by atoms with Gasteiger partial charge >= 0.3 is 18.3 Å². The lowest BCUT2D eigenvalue weighted by molar-refractivity contribution is -0.136. The van der Waals surface area contributed by atoms with Crippen LogP contribution in [0.4, 0.5) is 9.59 Å². The van der Waals surface area contributed by atoms with Gasteiger partial charge in [-0.1, -0.05) is 45.0 Å². The second kappa shape index (κ2) is 15.6. The number of hydrogen-bond donors (Lipinski definition) is 0. The third-order valence-electron chi connectivity index (χ3n) is 7.02. The first-order chi connectivity index (χ1) is 22.3. The molecule has 8 nitrogen and oxygen atoms in total. The van der Waals surface area contributed by atoms with Gasteiger partial charge in [0.1, 0.15) is 28.5 Å². The first-order valence-electron chi connectivity index (χ1n) is 16.1. The minimum absolute atomic E-state index is 0.239. The smallest absolute Gasteiger partial charge is 0.428 e. The van der Waals surface area contributed by atoms with E-state index in [4.69, 9.17) is 23.7 Å². The third kappa shape index (κ3) is 11.9. The summed E-state index contributed by atoms with van der Waals surface area (Å²) < 4.78 is 30.2. The number of aryl methyl sites for hydroxylation is 4. The van der Waals surface area contributed by atoms with Crippen LogP contribution in [0, 0.1) is 40.3 Å². The van der Waals surface area contributed by atoms with Crippen molar-refractivity contribution in [3.8, 4) is 17.2 Å². The fourth-order valence-electron chi connectivity index (χ4n) is 5.37. The van der Waals surface area contributed by atoms with Crippen molar-refractivity contribution in [1.82, 2.24) is 0 Å². The van der Waals surface area contributed by atoms with Crippen LogP contribution in [-0.2, 0) is 14.3 Å². The van der Waals surface area contributed by atoms with Gasteiger partial charge in [0.2, 0.25) is 0 Å². The Hall–Kier alpha value is -2.87. The van der Waals surface area contributed by atoms with E-state index >= 15 is 0 Å². The molecule has 0 heterocycles. The van der Waals surface area contributed by atoms with E-state index in [0.29, 0.717) is 17.2 Å². The summed E-state index contributed by atoms with van der Waals surface area (Å²) in [6, 6.07) is 11.9. The van der Waals surface area contributed by atoms with Crippen molar-refractivity contribution in [2.24, 2.45) is 5.41 Å². The van der Waals surface area contributed by atoms with E-state index in [0.717, 1.165) is 46.1 Å². The predicted molar refractivity (Wildman–Crippen MR) is 208 cm³/mol. The van der Waals surface area contributed by atoms with Crippen LogP contribution >= 0.6 is 45.2 Å². The van der Waals surface area contributed by atoms with Gasteiger partial charge in [-0.05, 0) is 165 Å². The molecule has 3 aromatic rings. The highest BCUT2D eigenvalue weighted by molar-refractivity contribution is 14.1. The van der Waals surface area contributed by atoms with Crippen molar-refractivity contribution in [3.05, 3.63) is 82.5 Å². The number of carbonyl (C=O) groups excluding carboxylic acids is 3. The molecule has 0 saturated heterocycles. The summed E-state index contributed by atoms with van der Waals surface area (Å²) in [7, 11) is 0. The van der Waals surface area contributed by atoms with Crippen LogP contribution in [0.5, 0.6) is 17.2 Å². The molecule has 0 aliphatic rings. The second-order valence-electron chi connectivity index (χ2n) is 15.6. The van der Waals surface area contributed by atoms with E-state index in [1.165, 1.54) is 0 Å². The number of halogens is 2. The minimum Gasteiger partial charge on any atom is -0.428 e. The molecule has 0 unspecified atom stereocenters. The average Bonchev–Trinajstić information content (AvgIpc) is 2.87. The standard InChI is InChI=1S/C39H48I2O8/c1-21-14-25(15-22(2)32(21)46-35(43)48-38(8,9)10)31(26-16-23(3)33(24(4)17-26)47-36(44)49-39(11,12)13)28-18-27(40)19-29(41)34(28)45-30(42)20-37(5,6)7/h14-19,31H,20H2,1-13H3. The Morgan fingerprint density at radius 1 is 0.592 bits per heavy atom. The molecule has 266 valence electrons. The Balaban J connectivity index is 2.27. The highest BCUT2D eigenvalue weighted by atomic mass is 127. The quantitative estimate of drug-likeness (QED) is 0.0760. The van der Waals surface area contributed by atoms with Gasteiger partial charge in [-0.2, -0.15) is 0 Å². The Morgan fingerprint density at radius 2 is 0.980 bits per heavy atom. The average molecular weight is 899 g/mol. The SMILES string of the molecule is Cc1cc(C(c2cc(C)c(OC(=O)OC(C)(C)C)c(C)c2)c2cc(I)cc(I)c2OC(=O)CC(C)(C)C)cc(C)c1OC(=O)OC(C)(C)C. The van der Waals surface area contributed by atoms with Crippen LogP contribution in [-0.4, -0.2) is 29.5 Å². The summed E-state index contributed by atoms with van der Waals surface area (Å²) in [5, 5.41) is 0. The topological polar surface area (TPSA) is 97.4 Å². The number of hydrogen-bond acceptors (Lipinski definition) is 8. The van der Waals surface area contributed by atoms with Crippen LogP contribution in [0.3, 0.4) is 0 Å². The van der Waals surface area contributed by atoms with E-state index in [9.17, 15) is 14.4 Å². The summed E-state index contributed by atoms with van der Waals surface area (Å²) in [6.07, 6.45) is -1.33. The lowest BCUT2D eigenvalue weighted by atomic mass is 9.82. The highest BCUT2D eigenvalue weighted by Crippen LogP contribution is 2.44. The lowest BCUT2D eigenvalue weighted by Gasteiger charge is -2.26. The minimum atomic E-state index is -0.782. The van der Waals surface area contributed by atoms with Crippen molar-refractivity contribution < 1.29 is 38.1 Å². The molecular formula is C39H48I2O8. The molecule has 0 bridgehead atoms. The van der Waals surface area contributed by atoms with Gasteiger partial charge in [-0.15, -0.1) is 0 Å².